The number of carbonyl (C=O) groups excluding carboxylic acids is 1. The summed E-state index contributed by atoms with van der Waals surface area (Å²) in [7, 11) is 0. The molecule has 2 aromatic heterocycles. The Labute approximate surface area is 181 Å². The van der Waals surface area contributed by atoms with Gasteiger partial charge in [-0.05, 0) is 42.9 Å². The van der Waals surface area contributed by atoms with Gasteiger partial charge in [-0.2, -0.15) is 10.2 Å². The van der Waals surface area contributed by atoms with Crippen LogP contribution in [0.3, 0.4) is 0 Å². The minimum absolute atomic E-state index is 0.00769. The second-order valence-corrected chi connectivity index (χ2v) is 9.31. The number of nitrogens with one attached hydrogen (secondary N) is 2. The van der Waals surface area contributed by atoms with Crippen LogP contribution in [-0.2, 0) is 17.6 Å². The van der Waals surface area contributed by atoms with E-state index in [1.54, 1.807) is 0 Å². The summed E-state index contributed by atoms with van der Waals surface area (Å²) < 4.78 is 2.05. The smallest absolute Gasteiger partial charge is 0.226 e. The van der Waals surface area contributed by atoms with E-state index in [9.17, 15) is 4.79 Å². The third kappa shape index (κ3) is 3.63. The Bertz CT molecular complexity index is 1270. The summed E-state index contributed by atoms with van der Waals surface area (Å²) in [5.74, 6) is -0.00769. The fourth-order valence-corrected chi connectivity index (χ4v) is 4.73. The van der Waals surface area contributed by atoms with Crippen LogP contribution >= 0.6 is 0 Å². The van der Waals surface area contributed by atoms with Crippen LogP contribution < -0.4 is 5.32 Å². The van der Waals surface area contributed by atoms with Gasteiger partial charge in [-0.25, -0.2) is 4.68 Å². The van der Waals surface area contributed by atoms with E-state index in [0.29, 0.717) is 0 Å². The van der Waals surface area contributed by atoms with Crippen LogP contribution in [0.25, 0.3) is 16.6 Å². The summed E-state index contributed by atoms with van der Waals surface area (Å²) in [5, 5.41) is 16.3. The molecule has 1 amide bonds. The number of amides is 1. The summed E-state index contributed by atoms with van der Waals surface area (Å²) in [6, 6.07) is 16.1. The summed E-state index contributed by atoms with van der Waals surface area (Å²) in [4.78, 5) is 13.0. The van der Waals surface area contributed by atoms with Crippen LogP contribution in [0.4, 0.5) is 0 Å². The van der Waals surface area contributed by atoms with Crippen molar-refractivity contribution in [1.29, 1.82) is 0 Å². The molecular weight excluding hydrogens is 386 g/mol. The van der Waals surface area contributed by atoms with Gasteiger partial charge in [0, 0.05) is 10.9 Å². The van der Waals surface area contributed by atoms with Gasteiger partial charge in [0.25, 0.3) is 0 Å². The van der Waals surface area contributed by atoms with Crippen molar-refractivity contribution in [2.45, 2.75) is 46.1 Å². The molecule has 6 nitrogen and oxygen atoms in total. The van der Waals surface area contributed by atoms with Crippen molar-refractivity contribution in [3.05, 3.63) is 77.2 Å². The monoisotopic (exact) mass is 413 g/mol. The molecule has 0 bridgehead atoms. The zero-order valence-corrected chi connectivity index (χ0v) is 18.1. The number of aromatic amines is 1. The minimum Gasteiger partial charge on any atom is -0.349 e. The predicted molar refractivity (Wildman–Crippen MR) is 121 cm³/mol. The summed E-state index contributed by atoms with van der Waals surface area (Å²) in [6.07, 6.45) is 4.01. The summed E-state index contributed by atoms with van der Waals surface area (Å²) in [5.41, 5.74) is 6.36. The van der Waals surface area contributed by atoms with Crippen molar-refractivity contribution in [3.63, 3.8) is 0 Å². The number of para-hydroxylation sites is 2. The SMILES string of the molecule is Cc1ccccc1-n1ncc2c1CC(C)(C)C[C@H]2NC(=O)Cc1[nH]nc2ccccc12. The van der Waals surface area contributed by atoms with E-state index in [0.717, 1.165) is 40.7 Å². The zero-order valence-electron chi connectivity index (χ0n) is 18.1. The van der Waals surface area contributed by atoms with E-state index in [1.807, 2.05) is 47.3 Å². The lowest BCUT2D eigenvalue weighted by molar-refractivity contribution is -0.121. The molecule has 2 N–H and O–H groups in total. The van der Waals surface area contributed by atoms with Crippen molar-refractivity contribution < 1.29 is 4.79 Å². The average Bonchev–Trinajstić information content (AvgIpc) is 3.32. The van der Waals surface area contributed by atoms with Gasteiger partial charge in [0.15, 0.2) is 0 Å². The predicted octanol–water partition coefficient (Wildman–Crippen LogP) is 4.43. The maximum Gasteiger partial charge on any atom is 0.226 e. The van der Waals surface area contributed by atoms with E-state index in [1.165, 1.54) is 11.3 Å². The van der Waals surface area contributed by atoms with Crippen LogP contribution in [-0.4, -0.2) is 25.9 Å². The topological polar surface area (TPSA) is 75.6 Å². The Balaban J connectivity index is 1.43. The second kappa shape index (κ2) is 7.38. The molecule has 0 saturated carbocycles. The van der Waals surface area contributed by atoms with Gasteiger partial charge < -0.3 is 5.32 Å². The molecule has 0 fully saturated rings. The number of hydrogen-bond donors (Lipinski definition) is 2. The second-order valence-electron chi connectivity index (χ2n) is 9.31. The Hall–Kier alpha value is -3.41. The third-order valence-corrected chi connectivity index (χ3v) is 6.24. The molecule has 0 saturated heterocycles. The molecule has 4 aromatic rings. The van der Waals surface area contributed by atoms with Gasteiger partial charge in [0.2, 0.25) is 5.91 Å². The zero-order chi connectivity index (χ0) is 21.6. The number of fused-ring (bicyclic) bond motifs is 2. The number of hydrogen-bond acceptors (Lipinski definition) is 3. The molecule has 1 aliphatic rings. The van der Waals surface area contributed by atoms with E-state index in [4.69, 9.17) is 5.10 Å². The highest BCUT2D eigenvalue weighted by Gasteiger charge is 2.36. The van der Waals surface area contributed by atoms with Gasteiger partial charge in [-0.1, -0.05) is 50.2 Å². The number of rotatable bonds is 4. The number of aryl methyl sites for hydroxylation is 1. The van der Waals surface area contributed by atoms with Crippen molar-refractivity contribution in [2.75, 3.05) is 0 Å². The Morgan fingerprint density at radius 3 is 2.81 bits per heavy atom. The first-order chi connectivity index (χ1) is 14.9. The van der Waals surface area contributed by atoms with Crippen LogP contribution in [0.1, 0.15) is 48.8 Å². The van der Waals surface area contributed by atoms with Crippen molar-refractivity contribution in [1.82, 2.24) is 25.3 Å². The van der Waals surface area contributed by atoms with Crippen LogP contribution in [0.15, 0.2) is 54.7 Å². The molecule has 0 spiro atoms. The number of carbonyl (C=O) groups is 1. The Kier molecular flexibility index (Phi) is 4.65. The normalized spacial score (nSPS) is 17.5. The lowest BCUT2D eigenvalue weighted by atomic mass is 9.74. The average molecular weight is 414 g/mol. The highest BCUT2D eigenvalue weighted by molar-refractivity contribution is 5.87. The molecule has 0 radical (unpaired) electrons. The molecule has 2 aromatic carbocycles. The summed E-state index contributed by atoms with van der Waals surface area (Å²) in [6.45, 7) is 6.62. The number of H-pyrrole nitrogens is 1. The number of nitrogens with zero attached hydrogens (tertiary/aromatic N) is 3. The van der Waals surface area contributed by atoms with E-state index in [2.05, 4.69) is 48.4 Å². The molecule has 0 aliphatic heterocycles. The van der Waals surface area contributed by atoms with Crippen LogP contribution in [0.5, 0.6) is 0 Å². The van der Waals surface area contributed by atoms with Gasteiger partial charge >= 0.3 is 0 Å². The van der Waals surface area contributed by atoms with Gasteiger partial charge in [-0.15, -0.1) is 0 Å². The summed E-state index contributed by atoms with van der Waals surface area (Å²) >= 11 is 0. The van der Waals surface area contributed by atoms with Gasteiger partial charge in [-0.3, -0.25) is 9.89 Å². The largest absolute Gasteiger partial charge is 0.349 e. The first-order valence-electron chi connectivity index (χ1n) is 10.8. The Morgan fingerprint density at radius 1 is 1.19 bits per heavy atom. The fourth-order valence-electron chi connectivity index (χ4n) is 4.73. The van der Waals surface area contributed by atoms with Crippen molar-refractivity contribution in [2.24, 2.45) is 5.41 Å². The van der Waals surface area contributed by atoms with Crippen LogP contribution in [0.2, 0.25) is 0 Å². The highest BCUT2D eigenvalue weighted by Crippen LogP contribution is 2.41. The van der Waals surface area contributed by atoms with Gasteiger partial charge in [0.1, 0.15) is 0 Å². The highest BCUT2D eigenvalue weighted by atomic mass is 16.1. The molecule has 5 rings (SSSR count). The molecule has 1 aliphatic carbocycles. The van der Waals surface area contributed by atoms with E-state index >= 15 is 0 Å². The van der Waals surface area contributed by atoms with E-state index in [-0.39, 0.29) is 23.8 Å². The van der Waals surface area contributed by atoms with Crippen molar-refractivity contribution >= 4 is 16.8 Å². The molecule has 6 heteroatoms. The fraction of sp³-hybridized carbons (Fsp3) is 0.320. The number of aromatic nitrogens is 4. The van der Waals surface area contributed by atoms with Crippen LogP contribution in [0, 0.1) is 12.3 Å². The van der Waals surface area contributed by atoms with Gasteiger partial charge in [0.05, 0.1) is 41.3 Å². The third-order valence-electron chi connectivity index (χ3n) is 6.24. The molecule has 1 atom stereocenters. The number of benzene rings is 2. The maximum atomic E-state index is 13.0. The minimum atomic E-state index is -0.0572. The molecular formula is C25H27N5O. The lowest BCUT2D eigenvalue weighted by Crippen LogP contribution is -2.37. The first-order valence-corrected chi connectivity index (χ1v) is 10.8. The lowest BCUT2D eigenvalue weighted by Gasteiger charge is -2.36. The van der Waals surface area contributed by atoms with E-state index < -0.39 is 0 Å². The molecule has 158 valence electrons. The standard InChI is InChI=1S/C25H27N5O/c1-16-8-4-7-11-22(16)30-23-14-25(2,3)13-21(18(23)15-26-30)27-24(31)12-20-17-9-5-6-10-19(17)28-29-20/h4-11,15,21H,12-14H2,1-3H3,(H,27,31)(H,28,29)/t21-/m1/s1. The Morgan fingerprint density at radius 2 is 1.97 bits per heavy atom. The molecule has 0 unspecified atom stereocenters. The maximum absolute atomic E-state index is 13.0. The molecule has 31 heavy (non-hydrogen) atoms. The quantitative estimate of drug-likeness (QED) is 0.520. The molecule has 2 heterocycles. The first kappa shape index (κ1) is 19.5. The van der Waals surface area contributed by atoms with Crippen molar-refractivity contribution in [3.8, 4) is 5.69 Å².